The van der Waals surface area contributed by atoms with Crippen molar-refractivity contribution in [1.82, 2.24) is 20.2 Å². The highest BCUT2D eigenvalue weighted by Gasteiger charge is 2.25. The molecular formula is C25H25N5O2S. The number of benzene rings is 2. The van der Waals surface area contributed by atoms with E-state index in [1.165, 1.54) is 11.3 Å². The van der Waals surface area contributed by atoms with Gasteiger partial charge in [-0.25, -0.2) is 9.97 Å². The second-order valence-corrected chi connectivity index (χ2v) is 9.24. The Hall–Kier alpha value is -3.23. The molecule has 7 nitrogen and oxygen atoms in total. The number of anilines is 1. The number of aromatic nitrogens is 2. The van der Waals surface area contributed by atoms with Crippen LogP contribution in [-0.2, 0) is 4.79 Å². The van der Waals surface area contributed by atoms with E-state index < -0.39 is 0 Å². The summed E-state index contributed by atoms with van der Waals surface area (Å²) in [5, 5.41) is 2.87. The Morgan fingerprint density at radius 2 is 1.91 bits per heavy atom. The fourth-order valence-corrected chi connectivity index (χ4v) is 5.16. The SMILES string of the molecule is CCN1CCN(c2cccc(-c3ncnc4ccc(/C=C5\SC(=O)NC5=O)cc34)c2C)CC1. The van der Waals surface area contributed by atoms with Crippen molar-refractivity contribution in [1.29, 1.82) is 0 Å². The summed E-state index contributed by atoms with van der Waals surface area (Å²) < 4.78 is 0. The minimum atomic E-state index is -0.360. The van der Waals surface area contributed by atoms with Gasteiger partial charge in [0, 0.05) is 42.8 Å². The van der Waals surface area contributed by atoms with Crippen molar-refractivity contribution < 1.29 is 9.59 Å². The van der Waals surface area contributed by atoms with Crippen LogP contribution >= 0.6 is 11.8 Å². The lowest BCUT2D eigenvalue weighted by atomic mass is 9.98. The number of imide groups is 1. The van der Waals surface area contributed by atoms with E-state index in [0.29, 0.717) is 4.91 Å². The number of nitrogens with one attached hydrogen (secondary N) is 1. The highest BCUT2D eigenvalue weighted by Crippen LogP contribution is 2.34. The van der Waals surface area contributed by atoms with Crippen molar-refractivity contribution in [3.63, 3.8) is 0 Å². The summed E-state index contributed by atoms with van der Waals surface area (Å²) in [4.78, 5) is 37.9. The molecule has 0 radical (unpaired) electrons. The quantitative estimate of drug-likeness (QED) is 0.589. The number of hydrogen-bond donors (Lipinski definition) is 1. The lowest BCUT2D eigenvalue weighted by Gasteiger charge is -2.36. The summed E-state index contributed by atoms with van der Waals surface area (Å²) in [7, 11) is 0. The summed E-state index contributed by atoms with van der Waals surface area (Å²) in [6.45, 7) is 9.62. The van der Waals surface area contributed by atoms with E-state index >= 15 is 0 Å². The molecule has 0 bridgehead atoms. The first kappa shape index (κ1) is 21.6. The number of carbonyl (C=O) groups excluding carboxylic acids is 2. The van der Waals surface area contributed by atoms with Crippen LogP contribution in [-0.4, -0.2) is 58.7 Å². The fourth-order valence-electron chi connectivity index (χ4n) is 4.48. The smallest absolute Gasteiger partial charge is 0.290 e. The van der Waals surface area contributed by atoms with Gasteiger partial charge in [-0.2, -0.15) is 0 Å². The molecule has 0 atom stereocenters. The van der Waals surface area contributed by atoms with Gasteiger partial charge in [-0.3, -0.25) is 14.9 Å². The molecule has 3 heterocycles. The van der Waals surface area contributed by atoms with Gasteiger partial charge in [0.1, 0.15) is 6.33 Å². The number of hydrogen-bond acceptors (Lipinski definition) is 7. The van der Waals surface area contributed by atoms with Crippen LogP contribution < -0.4 is 10.2 Å². The monoisotopic (exact) mass is 459 g/mol. The number of fused-ring (bicyclic) bond motifs is 1. The van der Waals surface area contributed by atoms with Gasteiger partial charge >= 0.3 is 0 Å². The molecule has 2 aromatic carbocycles. The van der Waals surface area contributed by atoms with Gasteiger partial charge in [0.15, 0.2) is 0 Å². The van der Waals surface area contributed by atoms with E-state index in [1.54, 1.807) is 12.4 Å². The Morgan fingerprint density at radius 1 is 1.09 bits per heavy atom. The summed E-state index contributed by atoms with van der Waals surface area (Å²) in [5.41, 5.74) is 6.05. The molecule has 0 aliphatic carbocycles. The number of rotatable bonds is 4. The van der Waals surface area contributed by atoms with Crippen LogP contribution in [0, 0.1) is 6.92 Å². The van der Waals surface area contributed by atoms with Gasteiger partial charge in [0.05, 0.1) is 16.1 Å². The van der Waals surface area contributed by atoms with Gasteiger partial charge in [-0.05, 0) is 60.6 Å². The van der Waals surface area contributed by atoms with Crippen molar-refractivity contribution in [2.24, 2.45) is 0 Å². The summed E-state index contributed by atoms with van der Waals surface area (Å²) in [6, 6.07) is 12.2. The lowest BCUT2D eigenvalue weighted by molar-refractivity contribution is -0.115. The number of thioether (sulfide) groups is 1. The van der Waals surface area contributed by atoms with Gasteiger partial charge in [0.2, 0.25) is 0 Å². The van der Waals surface area contributed by atoms with E-state index in [4.69, 9.17) is 0 Å². The average Bonchev–Trinajstić information content (AvgIpc) is 3.15. The maximum Gasteiger partial charge on any atom is 0.290 e. The van der Waals surface area contributed by atoms with Crippen LogP contribution in [0.5, 0.6) is 0 Å². The molecule has 5 rings (SSSR count). The maximum absolute atomic E-state index is 12.0. The molecule has 1 N–H and O–H groups in total. The Labute approximate surface area is 196 Å². The predicted octanol–water partition coefficient (Wildman–Crippen LogP) is 4.07. The van der Waals surface area contributed by atoms with Gasteiger partial charge < -0.3 is 9.80 Å². The molecule has 0 spiro atoms. The number of carbonyl (C=O) groups is 2. The number of amides is 2. The molecule has 2 aliphatic heterocycles. The number of piperazine rings is 1. The molecule has 2 aliphatic rings. The molecule has 2 amide bonds. The summed E-state index contributed by atoms with van der Waals surface area (Å²) in [6.07, 6.45) is 3.33. The van der Waals surface area contributed by atoms with Crippen molar-refractivity contribution in [3.05, 3.63) is 58.8 Å². The molecule has 1 aromatic heterocycles. The second kappa shape index (κ2) is 8.96. The highest BCUT2D eigenvalue weighted by atomic mass is 32.2. The van der Waals surface area contributed by atoms with Gasteiger partial charge in [0.25, 0.3) is 11.1 Å². The maximum atomic E-state index is 12.0. The average molecular weight is 460 g/mol. The third-order valence-electron chi connectivity index (χ3n) is 6.32. The Morgan fingerprint density at radius 3 is 2.64 bits per heavy atom. The second-order valence-electron chi connectivity index (χ2n) is 8.22. The standard InChI is InChI=1S/C25H25N5O2S/c1-3-29-9-11-30(12-10-29)21-6-4-5-18(16(21)2)23-19-13-17(7-8-20(19)26-15-27-23)14-22-24(31)28-25(32)33-22/h4-8,13-15H,3,9-12H2,1-2H3,(H,28,31,32)/b22-14-. The molecule has 0 unspecified atom stereocenters. The third-order valence-corrected chi connectivity index (χ3v) is 7.13. The predicted molar refractivity (Wildman–Crippen MR) is 133 cm³/mol. The first-order valence-electron chi connectivity index (χ1n) is 11.1. The molecule has 33 heavy (non-hydrogen) atoms. The van der Waals surface area contributed by atoms with Crippen molar-refractivity contribution >= 4 is 45.6 Å². The first-order chi connectivity index (χ1) is 16.0. The molecule has 168 valence electrons. The fraction of sp³-hybridized carbons (Fsp3) is 0.280. The minimum Gasteiger partial charge on any atom is -0.369 e. The summed E-state index contributed by atoms with van der Waals surface area (Å²) in [5.74, 6) is -0.360. The molecular weight excluding hydrogens is 434 g/mol. The molecule has 2 fully saturated rings. The molecule has 8 heteroatoms. The minimum absolute atomic E-state index is 0.344. The van der Waals surface area contributed by atoms with Crippen molar-refractivity contribution in [2.45, 2.75) is 13.8 Å². The van der Waals surface area contributed by atoms with Crippen LogP contribution in [0.2, 0.25) is 0 Å². The Kier molecular flexibility index (Phi) is 5.86. The van der Waals surface area contributed by atoms with Crippen LogP contribution in [0.25, 0.3) is 28.2 Å². The summed E-state index contributed by atoms with van der Waals surface area (Å²) >= 11 is 0.918. The molecule has 3 aromatic rings. The normalized spacial score (nSPS) is 18.4. The zero-order valence-electron chi connectivity index (χ0n) is 18.7. The van der Waals surface area contributed by atoms with Crippen LogP contribution in [0.3, 0.4) is 0 Å². The van der Waals surface area contributed by atoms with Crippen LogP contribution in [0.1, 0.15) is 18.1 Å². The van der Waals surface area contributed by atoms with Crippen LogP contribution in [0.4, 0.5) is 10.5 Å². The number of nitrogens with zero attached hydrogens (tertiary/aromatic N) is 4. The number of likely N-dealkylation sites (N-methyl/N-ethyl adjacent to an activating group) is 1. The molecule has 2 saturated heterocycles. The van der Waals surface area contributed by atoms with E-state index in [2.05, 4.69) is 57.1 Å². The lowest BCUT2D eigenvalue weighted by Crippen LogP contribution is -2.46. The van der Waals surface area contributed by atoms with Crippen molar-refractivity contribution in [3.8, 4) is 11.3 Å². The van der Waals surface area contributed by atoms with Crippen LogP contribution in [0.15, 0.2) is 47.6 Å². The van der Waals surface area contributed by atoms with E-state index in [0.717, 1.165) is 72.2 Å². The zero-order chi connectivity index (χ0) is 22.9. The Balaban J connectivity index is 1.54. The van der Waals surface area contributed by atoms with Gasteiger partial charge in [-0.15, -0.1) is 0 Å². The van der Waals surface area contributed by atoms with Gasteiger partial charge in [-0.1, -0.05) is 25.1 Å². The first-order valence-corrected chi connectivity index (χ1v) is 11.9. The van der Waals surface area contributed by atoms with E-state index in [-0.39, 0.29) is 11.1 Å². The largest absolute Gasteiger partial charge is 0.369 e. The third kappa shape index (κ3) is 4.24. The molecule has 0 saturated carbocycles. The topological polar surface area (TPSA) is 78.4 Å². The van der Waals surface area contributed by atoms with E-state index in [9.17, 15) is 9.59 Å². The zero-order valence-corrected chi connectivity index (χ0v) is 19.5. The highest BCUT2D eigenvalue weighted by molar-refractivity contribution is 8.18. The Bertz CT molecular complexity index is 1280. The van der Waals surface area contributed by atoms with E-state index in [1.807, 2.05) is 18.2 Å². The van der Waals surface area contributed by atoms with Crippen molar-refractivity contribution in [2.75, 3.05) is 37.6 Å².